The van der Waals surface area contributed by atoms with Crippen molar-refractivity contribution in [2.75, 3.05) is 6.61 Å². The van der Waals surface area contributed by atoms with Crippen LogP contribution in [-0.2, 0) is 6.54 Å². The number of carbonyl (C=O) groups excluding carboxylic acids is 1. The Kier molecular flexibility index (Phi) is 5.42. The topological polar surface area (TPSA) is 63.2 Å². The first-order valence-corrected chi connectivity index (χ1v) is 8.07. The van der Waals surface area contributed by atoms with Crippen molar-refractivity contribution in [2.45, 2.75) is 31.4 Å². The van der Waals surface area contributed by atoms with E-state index in [-0.39, 0.29) is 24.5 Å². The number of amides is 2. The summed E-state index contributed by atoms with van der Waals surface area (Å²) in [6, 6.07) is 13.2. The largest absolute Gasteiger partial charge is 0.472 e. The molecule has 5 nitrogen and oxygen atoms in total. The van der Waals surface area contributed by atoms with Gasteiger partial charge in [-0.05, 0) is 23.6 Å². The average Bonchev–Trinajstić information content (AvgIpc) is 3.38. The minimum Gasteiger partial charge on any atom is -0.472 e. The van der Waals surface area contributed by atoms with Crippen molar-refractivity contribution in [3.05, 3.63) is 59.8 Å². The lowest BCUT2D eigenvalue weighted by Gasteiger charge is -2.09. The fourth-order valence-electron chi connectivity index (χ4n) is 2.61. The molecule has 2 aromatic rings. The maximum Gasteiger partial charge on any atom is 0.315 e. The third-order valence-electron chi connectivity index (χ3n) is 3.94. The van der Waals surface area contributed by atoms with Crippen LogP contribution in [0.3, 0.4) is 0 Å². The molecular weight excluding hydrogens is 328 g/mol. The number of rotatable bonds is 7. The number of nitrogens with one attached hydrogen (secondary N) is 2. The average molecular weight is 347 g/mol. The van der Waals surface area contributed by atoms with Crippen LogP contribution >= 0.6 is 0 Å². The molecule has 1 saturated carbocycles. The Hall–Kier alpha value is -2.70. The van der Waals surface area contributed by atoms with Gasteiger partial charge in [-0.3, -0.25) is 0 Å². The van der Waals surface area contributed by atoms with Gasteiger partial charge >= 0.3 is 6.03 Å². The molecule has 7 heteroatoms. The molecule has 0 unspecified atom stereocenters. The standard InChI is InChI=1S/C18H19F2N3O2/c19-16(20)11-25-17-8-12(6-7-21-17)10-22-18(24)23-15-9-14(15)13-4-2-1-3-5-13/h1-8,14-16H,9-11H2,(H2,22,23,24)/t14-,15+/m0/s1. The molecular formula is C18H19F2N3O2. The molecule has 1 aliphatic carbocycles. The third-order valence-corrected chi connectivity index (χ3v) is 3.94. The number of alkyl halides is 2. The molecule has 132 valence electrons. The Labute approximate surface area is 144 Å². The molecule has 3 rings (SSSR count). The summed E-state index contributed by atoms with van der Waals surface area (Å²) in [4.78, 5) is 15.8. The molecule has 1 fully saturated rings. The highest BCUT2D eigenvalue weighted by Gasteiger charge is 2.39. The van der Waals surface area contributed by atoms with E-state index in [9.17, 15) is 13.6 Å². The summed E-state index contributed by atoms with van der Waals surface area (Å²) in [6.45, 7) is -0.435. The summed E-state index contributed by atoms with van der Waals surface area (Å²) in [5, 5.41) is 5.68. The number of hydrogen-bond donors (Lipinski definition) is 2. The number of pyridine rings is 1. The quantitative estimate of drug-likeness (QED) is 0.809. The van der Waals surface area contributed by atoms with Gasteiger partial charge in [-0.1, -0.05) is 30.3 Å². The van der Waals surface area contributed by atoms with Gasteiger partial charge < -0.3 is 15.4 Å². The van der Waals surface area contributed by atoms with Crippen LogP contribution in [-0.4, -0.2) is 30.1 Å². The van der Waals surface area contributed by atoms with Crippen LogP contribution in [0.5, 0.6) is 5.88 Å². The van der Waals surface area contributed by atoms with Gasteiger partial charge in [0, 0.05) is 30.8 Å². The van der Waals surface area contributed by atoms with Gasteiger partial charge in [0.05, 0.1) is 0 Å². The maximum atomic E-state index is 12.1. The third kappa shape index (κ3) is 5.14. The molecule has 0 saturated heterocycles. The highest BCUT2D eigenvalue weighted by Crippen LogP contribution is 2.40. The van der Waals surface area contributed by atoms with E-state index < -0.39 is 13.0 Å². The van der Waals surface area contributed by atoms with E-state index in [0.717, 1.165) is 12.0 Å². The lowest BCUT2D eigenvalue weighted by Crippen LogP contribution is -2.36. The van der Waals surface area contributed by atoms with Crippen molar-refractivity contribution >= 4 is 6.03 Å². The Bertz CT molecular complexity index is 712. The Morgan fingerprint density at radius 1 is 1.28 bits per heavy atom. The summed E-state index contributed by atoms with van der Waals surface area (Å²) >= 11 is 0. The number of ether oxygens (including phenoxy) is 1. The van der Waals surface area contributed by atoms with Crippen LogP contribution < -0.4 is 15.4 Å². The minimum atomic E-state index is -2.55. The highest BCUT2D eigenvalue weighted by molar-refractivity contribution is 5.74. The minimum absolute atomic E-state index is 0.117. The fraction of sp³-hybridized carbons (Fsp3) is 0.333. The first-order chi connectivity index (χ1) is 12.1. The first kappa shape index (κ1) is 17.1. The number of benzene rings is 1. The van der Waals surface area contributed by atoms with Crippen molar-refractivity contribution in [3.8, 4) is 5.88 Å². The summed E-state index contributed by atoms with van der Waals surface area (Å²) in [7, 11) is 0. The molecule has 0 spiro atoms. The van der Waals surface area contributed by atoms with Gasteiger partial charge in [0.15, 0.2) is 6.61 Å². The zero-order valence-electron chi connectivity index (χ0n) is 13.5. The summed E-state index contributed by atoms with van der Waals surface area (Å²) in [5.41, 5.74) is 1.95. The van der Waals surface area contributed by atoms with Crippen molar-refractivity contribution in [2.24, 2.45) is 0 Å². The highest BCUT2D eigenvalue weighted by atomic mass is 19.3. The summed E-state index contributed by atoms with van der Waals surface area (Å²) < 4.78 is 29.1. The Morgan fingerprint density at radius 2 is 2.08 bits per heavy atom. The molecule has 1 aromatic carbocycles. The predicted octanol–water partition coefficient (Wildman–Crippen LogP) is 3.08. The lowest BCUT2D eigenvalue weighted by atomic mass is 10.1. The van der Waals surface area contributed by atoms with Crippen LogP contribution in [0.15, 0.2) is 48.7 Å². The number of hydrogen-bond acceptors (Lipinski definition) is 3. The van der Waals surface area contributed by atoms with E-state index in [1.54, 1.807) is 6.07 Å². The van der Waals surface area contributed by atoms with Crippen LogP contribution in [0, 0.1) is 0 Å². The van der Waals surface area contributed by atoms with E-state index >= 15 is 0 Å². The normalized spacial score (nSPS) is 18.7. The molecule has 0 radical (unpaired) electrons. The van der Waals surface area contributed by atoms with Crippen molar-refractivity contribution in [3.63, 3.8) is 0 Å². The fourth-order valence-corrected chi connectivity index (χ4v) is 2.61. The predicted molar refractivity (Wildman–Crippen MR) is 88.7 cm³/mol. The van der Waals surface area contributed by atoms with E-state index in [1.165, 1.54) is 17.8 Å². The number of aromatic nitrogens is 1. The SMILES string of the molecule is O=C(NCc1ccnc(OCC(F)F)c1)N[C@@H]1C[C@H]1c1ccccc1. The molecule has 2 N–H and O–H groups in total. The van der Waals surface area contributed by atoms with E-state index in [4.69, 9.17) is 4.74 Å². The van der Waals surface area contributed by atoms with Gasteiger partial charge in [-0.2, -0.15) is 0 Å². The van der Waals surface area contributed by atoms with Crippen LogP contribution in [0.2, 0.25) is 0 Å². The number of nitrogens with zero attached hydrogens (tertiary/aromatic N) is 1. The smallest absolute Gasteiger partial charge is 0.315 e. The van der Waals surface area contributed by atoms with Gasteiger partial charge in [-0.25, -0.2) is 18.6 Å². The number of halogens is 2. The molecule has 2 amide bonds. The molecule has 1 aliphatic rings. The van der Waals surface area contributed by atoms with Gasteiger partial charge in [0.25, 0.3) is 6.43 Å². The number of urea groups is 1. The monoisotopic (exact) mass is 347 g/mol. The van der Waals surface area contributed by atoms with Gasteiger partial charge in [0.1, 0.15) is 0 Å². The summed E-state index contributed by atoms with van der Waals surface area (Å²) in [6.07, 6.45) is -0.161. The molecule has 0 aliphatic heterocycles. The Balaban J connectivity index is 1.43. The second-order valence-corrected chi connectivity index (χ2v) is 5.89. The lowest BCUT2D eigenvalue weighted by molar-refractivity contribution is 0.0795. The molecule has 25 heavy (non-hydrogen) atoms. The molecule has 2 atom stereocenters. The van der Waals surface area contributed by atoms with Crippen molar-refractivity contribution in [1.29, 1.82) is 0 Å². The van der Waals surface area contributed by atoms with Crippen LogP contribution in [0.25, 0.3) is 0 Å². The van der Waals surface area contributed by atoms with Crippen LogP contribution in [0.1, 0.15) is 23.5 Å². The maximum absolute atomic E-state index is 12.1. The zero-order chi connectivity index (χ0) is 17.6. The van der Waals surface area contributed by atoms with E-state index in [2.05, 4.69) is 27.8 Å². The molecule has 0 bridgehead atoms. The molecule has 1 aromatic heterocycles. The van der Waals surface area contributed by atoms with Crippen LogP contribution in [0.4, 0.5) is 13.6 Å². The van der Waals surface area contributed by atoms with Gasteiger partial charge in [0.2, 0.25) is 5.88 Å². The Morgan fingerprint density at radius 3 is 2.84 bits per heavy atom. The van der Waals surface area contributed by atoms with Gasteiger partial charge in [-0.15, -0.1) is 0 Å². The first-order valence-electron chi connectivity index (χ1n) is 8.07. The van der Waals surface area contributed by atoms with Crippen molar-refractivity contribution in [1.82, 2.24) is 15.6 Å². The second kappa shape index (κ2) is 7.92. The summed E-state index contributed by atoms with van der Waals surface area (Å²) in [5.74, 6) is 0.480. The van der Waals surface area contributed by atoms with Crippen molar-refractivity contribution < 1.29 is 18.3 Å². The van der Waals surface area contributed by atoms with E-state index in [0.29, 0.717) is 5.92 Å². The molecule has 1 heterocycles. The van der Waals surface area contributed by atoms with E-state index in [1.807, 2.05) is 18.2 Å². The zero-order valence-corrected chi connectivity index (χ0v) is 13.5. The second-order valence-electron chi connectivity index (χ2n) is 5.89. The number of carbonyl (C=O) groups is 1.